The van der Waals surface area contributed by atoms with E-state index in [1.165, 1.54) is 23.2 Å². The Hall–Kier alpha value is -1.87. The van der Waals surface area contributed by atoms with Gasteiger partial charge in [-0.15, -0.1) is 0 Å². The summed E-state index contributed by atoms with van der Waals surface area (Å²) in [5.74, 6) is 0. The number of hydrogen-bond acceptors (Lipinski definition) is 3. The van der Waals surface area contributed by atoms with Crippen molar-refractivity contribution in [3.05, 3.63) is 59.9 Å². The summed E-state index contributed by atoms with van der Waals surface area (Å²) in [6.07, 6.45) is 4.88. The molecule has 0 radical (unpaired) electrons. The summed E-state index contributed by atoms with van der Waals surface area (Å²) in [7, 11) is 0. The molecule has 0 bridgehead atoms. The summed E-state index contributed by atoms with van der Waals surface area (Å²) in [4.78, 5) is 6.45. The molecule has 1 aromatic carbocycles. The number of nitrogens with one attached hydrogen (secondary N) is 1. The first-order valence-electron chi connectivity index (χ1n) is 7.77. The lowest BCUT2D eigenvalue weighted by atomic mass is 10.1. The molecule has 1 heterocycles. The minimum Gasteiger partial charge on any atom is -0.367 e. The van der Waals surface area contributed by atoms with Crippen LogP contribution in [0.4, 0.5) is 5.69 Å². The first-order valence-corrected chi connectivity index (χ1v) is 7.77. The number of anilines is 1. The zero-order valence-electron chi connectivity index (χ0n) is 13.0. The number of benzene rings is 1. The second kappa shape index (κ2) is 8.42. The van der Waals surface area contributed by atoms with Gasteiger partial charge in [0.1, 0.15) is 0 Å². The van der Waals surface area contributed by atoms with Gasteiger partial charge in [0.25, 0.3) is 0 Å². The standard InChI is InChI=1S/C18H25N3/c1-3-11-20-14-16-5-7-18(8-6-16)21(4-2)15-17-9-12-19-13-10-17/h5-10,12-13,20H,3-4,11,14-15H2,1-2H3. The molecule has 0 aliphatic carbocycles. The van der Waals surface area contributed by atoms with Crippen molar-refractivity contribution in [2.75, 3.05) is 18.0 Å². The first kappa shape index (κ1) is 15.5. The molecule has 2 rings (SSSR count). The van der Waals surface area contributed by atoms with Crippen molar-refractivity contribution in [1.29, 1.82) is 0 Å². The molecule has 0 spiro atoms. The third-order valence-electron chi connectivity index (χ3n) is 3.56. The number of hydrogen-bond donors (Lipinski definition) is 1. The van der Waals surface area contributed by atoms with Crippen LogP contribution in [0.2, 0.25) is 0 Å². The van der Waals surface area contributed by atoms with Gasteiger partial charge in [0.15, 0.2) is 0 Å². The van der Waals surface area contributed by atoms with E-state index in [9.17, 15) is 0 Å². The predicted molar refractivity (Wildman–Crippen MR) is 89.4 cm³/mol. The van der Waals surface area contributed by atoms with Gasteiger partial charge in [0.05, 0.1) is 0 Å². The van der Waals surface area contributed by atoms with Gasteiger partial charge in [-0.2, -0.15) is 0 Å². The van der Waals surface area contributed by atoms with Crippen molar-refractivity contribution in [2.45, 2.75) is 33.4 Å². The molecule has 3 heteroatoms. The second-order valence-corrected chi connectivity index (χ2v) is 5.21. The Morgan fingerprint density at radius 2 is 1.67 bits per heavy atom. The Bertz CT molecular complexity index is 508. The maximum absolute atomic E-state index is 4.07. The number of aromatic nitrogens is 1. The molecule has 3 nitrogen and oxygen atoms in total. The summed E-state index contributed by atoms with van der Waals surface area (Å²) < 4.78 is 0. The van der Waals surface area contributed by atoms with Crippen molar-refractivity contribution in [2.24, 2.45) is 0 Å². The molecule has 0 unspecified atom stereocenters. The van der Waals surface area contributed by atoms with Crippen LogP contribution >= 0.6 is 0 Å². The van der Waals surface area contributed by atoms with Crippen LogP contribution < -0.4 is 10.2 Å². The van der Waals surface area contributed by atoms with Crippen LogP contribution in [-0.4, -0.2) is 18.1 Å². The van der Waals surface area contributed by atoms with E-state index in [0.29, 0.717) is 0 Å². The Labute approximate surface area is 128 Å². The van der Waals surface area contributed by atoms with Crippen LogP contribution in [-0.2, 0) is 13.1 Å². The number of pyridine rings is 1. The minimum absolute atomic E-state index is 0.923. The molecular weight excluding hydrogens is 258 g/mol. The molecule has 0 saturated heterocycles. The maximum atomic E-state index is 4.07. The van der Waals surface area contributed by atoms with Gasteiger partial charge >= 0.3 is 0 Å². The van der Waals surface area contributed by atoms with Crippen molar-refractivity contribution >= 4 is 5.69 Å². The Balaban J connectivity index is 1.98. The normalized spacial score (nSPS) is 10.6. The summed E-state index contributed by atoms with van der Waals surface area (Å²) in [5.41, 5.74) is 3.90. The van der Waals surface area contributed by atoms with Crippen molar-refractivity contribution < 1.29 is 0 Å². The Morgan fingerprint density at radius 3 is 2.29 bits per heavy atom. The van der Waals surface area contributed by atoms with Crippen LogP contribution in [0.5, 0.6) is 0 Å². The van der Waals surface area contributed by atoms with Crippen LogP contribution in [0, 0.1) is 0 Å². The molecule has 21 heavy (non-hydrogen) atoms. The summed E-state index contributed by atoms with van der Waals surface area (Å²) >= 11 is 0. The smallest absolute Gasteiger partial charge is 0.0430 e. The third kappa shape index (κ3) is 4.87. The lowest BCUT2D eigenvalue weighted by Gasteiger charge is -2.23. The molecule has 0 fully saturated rings. The lowest BCUT2D eigenvalue weighted by Crippen LogP contribution is -2.22. The average molecular weight is 283 g/mol. The molecule has 112 valence electrons. The molecule has 0 amide bonds. The van der Waals surface area contributed by atoms with Gasteiger partial charge in [0.2, 0.25) is 0 Å². The molecule has 0 atom stereocenters. The van der Waals surface area contributed by atoms with E-state index in [1.807, 2.05) is 12.4 Å². The van der Waals surface area contributed by atoms with E-state index < -0.39 is 0 Å². The van der Waals surface area contributed by atoms with Gasteiger partial charge in [-0.05, 0) is 55.3 Å². The molecule has 0 saturated carbocycles. The fourth-order valence-corrected chi connectivity index (χ4v) is 2.33. The third-order valence-corrected chi connectivity index (χ3v) is 3.56. The second-order valence-electron chi connectivity index (χ2n) is 5.21. The minimum atomic E-state index is 0.923. The topological polar surface area (TPSA) is 28.2 Å². The van der Waals surface area contributed by atoms with E-state index in [-0.39, 0.29) is 0 Å². The Morgan fingerprint density at radius 1 is 0.952 bits per heavy atom. The monoisotopic (exact) mass is 283 g/mol. The van der Waals surface area contributed by atoms with Crippen LogP contribution in [0.3, 0.4) is 0 Å². The number of nitrogens with zero attached hydrogens (tertiary/aromatic N) is 2. The van der Waals surface area contributed by atoms with Crippen molar-refractivity contribution in [3.8, 4) is 0 Å². The maximum Gasteiger partial charge on any atom is 0.0430 e. The lowest BCUT2D eigenvalue weighted by molar-refractivity contribution is 0.675. The van der Waals surface area contributed by atoms with Crippen LogP contribution in [0.25, 0.3) is 0 Å². The molecular formula is C18H25N3. The van der Waals surface area contributed by atoms with Gasteiger partial charge < -0.3 is 10.2 Å². The highest BCUT2D eigenvalue weighted by Crippen LogP contribution is 2.17. The number of rotatable bonds is 8. The quantitative estimate of drug-likeness (QED) is 0.750. The van der Waals surface area contributed by atoms with Crippen molar-refractivity contribution in [3.63, 3.8) is 0 Å². The largest absolute Gasteiger partial charge is 0.367 e. The molecule has 1 aromatic heterocycles. The van der Waals surface area contributed by atoms with E-state index in [4.69, 9.17) is 0 Å². The molecule has 2 aromatic rings. The van der Waals surface area contributed by atoms with Gasteiger partial charge in [0, 0.05) is 37.7 Å². The fraction of sp³-hybridized carbons (Fsp3) is 0.389. The zero-order valence-corrected chi connectivity index (χ0v) is 13.0. The highest BCUT2D eigenvalue weighted by molar-refractivity contribution is 5.48. The van der Waals surface area contributed by atoms with E-state index in [1.54, 1.807) is 0 Å². The highest BCUT2D eigenvalue weighted by atomic mass is 15.1. The van der Waals surface area contributed by atoms with Gasteiger partial charge in [-0.25, -0.2) is 0 Å². The fourth-order valence-electron chi connectivity index (χ4n) is 2.33. The zero-order chi connectivity index (χ0) is 14.9. The molecule has 1 N–H and O–H groups in total. The van der Waals surface area contributed by atoms with Crippen molar-refractivity contribution in [1.82, 2.24) is 10.3 Å². The van der Waals surface area contributed by atoms with E-state index in [2.05, 4.69) is 65.4 Å². The SMILES string of the molecule is CCCNCc1ccc(N(CC)Cc2ccncc2)cc1. The molecule has 0 aliphatic rings. The average Bonchev–Trinajstić information content (AvgIpc) is 2.55. The van der Waals surface area contributed by atoms with Crippen LogP contribution in [0.15, 0.2) is 48.8 Å². The first-order chi connectivity index (χ1) is 10.3. The predicted octanol–water partition coefficient (Wildman–Crippen LogP) is 3.61. The summed E-state index contributed by atoms with van der Waals surface area (Å²) in [6.45, 7) is 8.32. The van der Waals surface area contributed by atoms with E-state index >= 15 is 0 Å². The van der Waals surface area contributed by atoms with Gasteiger partial charge in [-0.3, -0.25) is 4.98 Å². The molecule has 0 aliphatic heterocycles. The Kier molecular flexibility index (Phi) is 6.22. The van der Waals surface area contributed by atoms with E-state index in [0.717, 1.165) is 26.2 Å². The highest BCUT2D eigenvalue weighted by Gasteiger charge is 2.05. The summed E-state index contributed by atoms with van der Waals surface area (Å²) in [6, 6.07) is 13.0. The summed E-state index contributed by atoms with van der Waals surface area (Å²) in [5, 5.41) is 3.43. The van der Waals surface area contributed by atoms with Crippen LogP contribution in [0.1, 0.15) is 31.4 Å². The van der Waals surface area contributed by atoms with Gasteiger partial charge in [-0.1, -0.05) is 19.1 Å².